The van der Waals surface area contributed by atoms with E-state index in [0.717, 1.165) is 38.3 Å². The zero-order valence-electron chi connectivity index (χ0n) is 24.6. The van der Waals surface area contributed by atoms with E-state index in [4.69, 9.17) is 10.5 Å². The SMILES string of the molecule is CC(C)(C)C1CCC(NC(=O)NCCCN(CC2CC2)C[C@H]2O[C@@H](N3CNC4C(N)NCNC43)[C@H](O)[C@@H]2O)CC1. The van der Waals surface area contributed by atoms with Crippen molar-refractivity contribution < 1.29 is 19.7 Å². The molecule has 0 aromatic carbocycles. The molecule has 9 N–H and O–H groups in total. The normalized spacial score (nSPS) is 38.9. The Morgan fingerprint density at radius 1 is 1.05 bits per heavy atom. The van der Waals surface area contributed by atoms with Gasteiger partial charge in [0.15, 0.2) is 0 Å². The minimum Gasteiger partial charge on any atom is -0.387 e. The molecule has 3 unspecified atom stereocenters. The Hall–Kier alpha value is -1.09. The molecule has 5 aliphatic rings. The Morgan fingerprint density at radius 2 is 1.80 bits per heavy atom. The highest BCUT2D eigenvalue weighted by Gasteiger charge is 2.51. The second-order valence-corrected chi connectivity index (χ2v) is 13.9. The first-order chi connectivity index (χ1) is 19.1. The molecule has 5 rings (SSSR count). The molecule has 12 nitrogen and oxygen atoms in total. The number of nitrogens with one attached hydrogen (secondary N) is 5. The number of aliphatic hydroxyl groups excluding tert-OH is 2. The standard InChI is InChI=1S/C28H54N8O4/c1-28(2,3)18-7-9-19(10-8-18)34-27(39)30-11-4-12-35(13-17-5-6-17)14-20-22(37)23(38)26(40-20)36-16-33-21-24(29)31-15-32-25(21)36/h17-26,31-33,37-38H,4-16,29H2,1-3H3,(H2,30,34,39)/t18?,19?,20-,21?,22-,23-,24?,25?,26-/m1/s1. The van der Waals surface area contributed by atoms with Crippen LogP contribution in [0, 0.1) is 17.3 Å². The van der Waals surface area contributed by atoms with Crippen molar-refractivity contribution in [1.82, 2.24) is 36.4 Å². The molecule has 2 amide bonds. The van der Waals surface area contributed by atoms with E-state index in [1.54, 1.807) is 0 Å². The monoisotopic (exact) mass is 566 g/mol. The first-order valence-corrected chi connectivity index (χ1v) is 15.6. The number of amides is 2. The molecular formula is C28H54N8O4. The third kappa shape index (κ3) is 7.45. The highest BCUT2D eigenvalue weighted by atomic mass is 16.6. The van der Waals surface area contributed by atoms with Crippen LogP contribution >= 0.6 is 0 Å². The molecule has 2 saturated carbocycles. The van der Waals surface area contributed by atoms with Crippen LogP contribution in [0.3, 0.4) is 0 Å². The van der Waals surface area contributed by atoms with Crippen LogP contribution < -0.4 is 32.3 Å². The van der Waals surface area contributed by atoms with Gasteiger partial charge in [0.25, 0.3) is 0 Å². The number of hydrogen-bond donors (Lipinski definition) is 8. The van der Waals surface area contributed by atoms with Crippen LogP contribution in [0.1, 0.15) is 65.7 Å². The second kappa shape index (κ2) is 13.0. The lowest BCUT2D eigenvalue weighted by Crippen LogP contribution is -2.68. The number of fused-ring (bicyclic) bond motifs is 1. The van der Waals surface area contributed by atoms with Gasteiger partial charge in [-0.15, -0.1) is 0 Å². The van der Waals surface area contributed by atoms with Crippen LogP contribution in [0.2, 0.25) is 0 Å². The van der Waals surface area contributed by atoms with E-state index in [9.17, 15) is 15.0 Å². The molecule has 7 atom stereocenters. The first-order valence-electron chi connectivity index (χ1n) is 15.6. The molecule has 0 bridgehead atoms. The number of ether oxygens (including phenoxy) is 1. The number of nitrogens with two attached hydrogens (primary N) is 1. The van der Waals surface area contributed by atoms with Gasteiger partial charge >= 0.3 is 6.03 Å². The molecule has 5 fully saturated rings. The summed E-state index contributed by atoms with van der Waals surface area (Å²) in [4.78, 5) is 16.9. The molecule has 3 saturated heterocycles. The average molecular weight is 567 g/mol. The van der Waals surface area contributed by atoms with Crippen LogP contribution in [0.25, 0.3) is 0 Å². The predicted molar refractivity (Wildman–Crippen MR) is 153 cm³/mol. The summed E-state index contributed by atoms with van der Waals surface area (Å²) in [5.41, 5.74) is 6.54. The summed E-state index contributed by atoms with van der Waals surface area (Å²) in [6, 6.07) is 0.190. The zero-order chi connectivity index (χ0) is 28.4. The number of urea groups is 1. The van der Waals surface area contributed by atoms with E-state index in [-0.39, 0.29) is 30.4 Å². The summed E-state index contributed by atoms with van der Waals surface area (Å²) >= 11 is 0. The van der Waals surface area contributed by atoms with Crippen LogP contribution in [-0.4, -0.2) is 115 Å². The van der Waals surface area contributed by atoms with Crippen molar-refractivity contribution >= 4 is 6.03 Å². The molecule has 0 aromatic heterocycles. The van der Waals surface area contributed by atoms with E-state index in [0.29, 0.717) is 37.8 Å². The van der Waals surface area contributed by atoms with Gasteiger partial charge in [0.05, 0.1) is 25.0 Å². The minimum atomic E-state index is -0.995. The summed E-state index contributed by atoms with van der Waals surface area (Å²) in [5, 5.41) is 38.0. The van der Waals surface area contributed by atoms with Gasteiger partial charge in [-0.1, -0.05) is 20.8 Å². The second-order valence-electron chi connectivity index (χ2n) is 13.9. The van der Waals surface area contributed by atoms with Crippen LogP contribution in [0.4, 0.5) is 4.79 Å². The highest BCUT2D eigenvalue weighted by Crippen LogP contribution is 2.37. The smallest absolute Gasteiger partial charge is 0.315 e. The van der Waals surface area contributed by atoms with E-state index in [2.05, 4.69) is 52.3 Å². The lowest BCUT2D eigenvalue weighted by Gasteiger charge is -2.38. The van der Waals surface area contributed by atoms with Gasteiger partial charge in [0.1, 0.15) is 24.5 Å². The Morgan fingerprint density at radius 3 is 2.50 bits per heavy atom. The molecule has 2 aliphatic carbocycles. The van der Waals surface area contributed by atoms with E-state index in [1.165, 1.54) is 25.7 Å². The lowest BCUT2D eigenvalue weighted by atomic mass is 9.71. The maximum absolute atomic E-state index is 12.5. The average Bonchev–Trinajstić information content (AvgIpc) is 3.56. The summed E-state index contributed by atoms with van der Waals surface area (Å²) < 4.78 is 6.31. The molecule has 0 aromatic rings. The Bertz CT molecular complexity index is 834. The molecule has 3 heterocycles. The fraction of sp³-hybridized carbons (Fsp3) is 0.964. The summed E-state index contributed by atoms with van der Waals surface area (Å²) in [5.74, 6) is 1.41. The number of nitrogens with zero attached hydrogens (tertiary/aromatic N) is 2. The molecular weight excluding hydrogens is 512 g/mol. The molecule has 0 radical (unpaired) electrons. The molecule has 0 spiro atoms. The van der Waals surface area contributed by atoms with Gasteiger partial charge in [-0.3, -0.25) is 16.0 Å². The van der Waals surface area contributed by atoms with Gasteiger partial charge in [-0.25, -0.2) is 9.69 Å². The van der Waals surface area contributed by atoms with Crippen molar-refractivity contribution in [3.63, 3.8) is 0 Å². The van der Waals surface area contributed by atoms with E-state index >= 15 is 0 Å². The fourth-order valence-corrected chi connectivity index (χ4v) is 7.03. The van der Waals surface area contributed by atoms with Crippen molar-refractivity contribution in [2.24, 2.45) is 23.0 Å². The van der Waals surface area contributed by atoms with Gasteiger partial charge in [-0.05, 0) is 68.7 Å². The number of carbonyl (C=O) groups excluding carboxylic acids is 1. The summed E-state index contributed by atoms with van der Waals surface area (Å²) in [6.07, 6.45) is 4.43. The highest BCUT2D eigenvalue weighted by molar-refractivity contribution is 5.74. The van der Waals surface area contributed by atoms with Crippen molar-refractivity contribution in [1.29, 1.82) is 0 Å². The maximum Gasteiger partial charge on any atom is 0.315 e. The summed E-state index contributed by atoms with van der Waals surface area (Å²) in [6.45, 7) is 11.0. The molecule has 230 valence electrons. The number of carbonyl (C=O) groups is 1. The Balaban J connectivity index is 1.05. The fourth-order valence-electron chi connectivity index (χ4n) is 7.03. The van der Waals surface area contributed by atoms with E-state index < -0.39 is 24.5 Å². The topological polar surface area (TPSA) is 159 Å². The van der Waals surface area contributed by atoms with Crippen molar-refractivity contribution in [3.05, 3.63) is 0 Å². The Labute approximate surface area is 239 Å². The van der Waals surface area contributed by atoms with Crippen molar-refractivity contribution in [3.8, 4) is 0 Å². The number of hydrogen-bond acceptors (Lipinski definition) is 10. The van der Waals surface area contributed by atoms with Gasteiger partial charge in [-0.2, -0.15) is 0 Å². The lowest BCUT2D eigenvalue weighted by molar-refractivity contribution is -0.107. The first kappa shape index (κ1) is 30.4. The quantitative estimate of drug-likeness (QED) is 0.161. The number of aliphatic hydroxyl groups is 2. The third-order valence-corrected chi connectivity index (χ3v) is 9.78. The third-order valence-electron chi connectivity index (χ3n) is 9.78. The molecule has 40 heavy (non-hydrogen) atoms. The Kier molecular flexibility index (Phi) is 9.91. The van der Waals surface area contributed by atoms with Crippen LogP contribution in [-0.2, 0) is 4.74 Å². The maximum atomic E-state index is 12.5. The van der Waals surface area contributed by atoms with Crippen molar-refractivity contribution in [2.45, 2.75) is 115 Å². The largest absolute Gasteiger partial charge is 0.387 e. The van der Waals surface area contributed by atoms with Crippen LogP contribution in [0.5, 0.6) is 0 Å². The number of rotatable bonds is 10. The van der Waals surface area contributed by atoms with Gasteiger partial charge in [0, 0.05) is 32.3 Å². The van der Waals surface area contributed by atoms with E-state index in [1.807, 2.05) is 4.90 Å². The summed E-state index contributed by atoms with van der Waals surface area (Å²) in [7, 11) is 0. The predicted octanol–water partition coefficient (Wildman–Crippen LogP) is -0.568. The van der Waals surface area contributed by atoms with Crippen LogP contribution in [0.15, 0.2) is 0 Å². The minimum absolute atomic E-state index is 0.00433. The molecule has 12 heteroatoms. The van der Waals surface area contributed by atoms with Crippen molar-refractivity contribution in [2.75, 3.05) is 39.5 Å². The zero-order valence-corrected chi connectivity index (χ0v) is 24.6. The van der Waals surface area contributed by atoms with Gasteiger partial charge < -0.3 is 36.2 Å². The molecule has 3 aliphatic heterocycles. The van der Waals surface area contributed by atoms with Gasteiger partial charge in [0.2, 0.25) is 0 Å².